The molecule has 0 aromatic heterocycles. The molecule has 0 aliphatic heterocycles. The Labute approximate surface area is 141 Å². The van der Waals surface area contributed by atoms with Gasteiger partial charge in [-0.15, -0.1) is 0 Å². The van der Waals surface area contributed by atoms with Crippen molar-refractivity contribution in [3.63, 3.8) is 0 Å². The summed E-state index contributed by atoms with van der Waals surface area (Å²) in [5.74, 6) is 0.0356. The van der Waals surface area contributed by atoms with E-state index in [1.54, 1.807) is 0 Å². The lowest BCUT2D eigenvalue weighted by Gasteiger charge is -2.08. The largest absolute Gasteiger partial charge is 0.355 e. The number of fused-ring (bicyclic) bond motifs is 1. The van der Waals surface area contributed by atoms with Crippen LogP contribution < -0.4 is 5.32 Å². The Hall–Kier alpha value is -2.32. The maximum atomic E-state index is 12.2. The van der Waals surface area contributed by atoms with Gasteiger partial charge in [-0.3, -0.25) is 4.79 Å². The average molecular weight is 324 g/mol. The lowest BCUT2D eigenvalue weighted by molar-refractivity contribution is -0.120. The molecule has 3 aromatic rings. The lowest BCUT2D eigenvalue weighted by atomic mass is 10.0. The van der Waals surface area contributed by atoms with Gasteiger partial charge in [0.1, 0.15) is 0 Å². The molecule has 0 fully saturated rings. The van der Waals surface area contributed by atoms with Crippen molar-refractivity contribution in [2.24, 2.45) is 0 Å². The number of amides is 1. The number of carbonyl (C=O) groups excluding carboxylic acids is 1. The first kappa shape index (κ1) is 15.6. The molecule has 0 aliphatic carbocycles. The first-order chi connectivity index (χ1) is 11.2. The SMILES string of the molecule is O=C(Cc1cccc2ccccc12)NCCc1ccccc1Cl. The average Bonchev–Trinajstić information content (AvgIpc) is 2.57. The maximum absolute atomic E-state index is 12.2. The summed E-state index contributed by atoms with van der Waals surface area (Å²) in [7, 11) is 0. The van der Waals surface area contributed by atoms with Gasteiger partial charge < -0.3 is 5.32 Å². The normalized spacial score (nSPS) is 10.7. The molecule has 1 N–H and O–H groups in total. The molecule has 3 aromatic carbocycles. The van der Waals surface area contributed by atoms with Crippen LogP contribution in [0, 0.1) is 0 Å². The summed E-state index contributed by atoms with van der Waals surface area (Å²) in [4.78, 5) is 12.2. The Morgan fingerprint density at radius 3 is 2.43 bits per heavy atom. The first-order valence-electron chi connectivity index (χ1n) is 7.71. The number of rotatable bonds is 5. The van der Waals surface area contributed by atoms with Crippen molar-refractivity contribution in [2.45, 2.75) is 12.8 Å². The van der Waals surface area contributed by atoms with Crippen LogP contribution in [0.2, 0.25) is 5.02 Å². The molecule has 23 heavy (non-hydrogen) atoms. The third-order valence-corrected chi connectivity index (χ3v) is 4.27. The number of hydrogen-bond donors (Lipinski definition) is 1. The second kappa shape index (κ2) is 7.30. The Morgan fingerprint density at radius 1 is 0.870 bits per heavy atom. The fourth-order valence-corrected chi connectivity index (χ4v) is 2.95. The number of hydrogen-bond acceptors (Lipinski definition) is 1. The standard InChI is InChI=1S/C20H18ClNO/c21-19-11-4-2-7-16(19)12-13-22-20(23)14-17-9-5-8-15-6-1-3-10-18(15)17/h1-11H,12-14H2,(H,22,23). The van der Waals surface area contributed by atoms with Crippen LogP contribution >= 0.6 is 11.6 Å². The van der Waals surface area contributed by atoms with Crippen LogP contribution in [0.3, 0.4) is 0 Å². The summed E-state index contributed by atoms with van der Waals surface area (Å²) in [6, 6.07) is 21.9. The highest BCUT2D eigenvalue weighted by Crippen LogP contribution is 2.19. The minimum atomic E-state index is 0.0356. The molecule has 116 valence electrons. The maximum Gasteiger partial charge on any atom is 0.224 e. The van der Waals surface area contributed by atoms with Gasteiger partial charge >= 0.3 is 0 Å². The smallest absolute Gasteiger partial charge is 0.224 e. The van der Waals surface area contributed by atoms with E-state index in [9.17, 15) is 4.79 Å². The van der Waals surface area contributed by atoms with E-state index in [4.69, 9.17) is 11.6 Å². The van der Waals surface area contributed by atoms with E-state index in [1.165, 1.54) is 0 Å². The van der Waals surface area contributed by atoms with Gasteiger partial charge in [-0.1, -0.05) is 72.3 Å². The highest BCUT2D eigenvalue weighted by atomic mass is 35.5. The highest BCUT2D eigenvalue weighted by molar-refractivity contribution is 6.31. The fourth-order valence-electron chi connectivity index (χ4n) is 2.72. The topological polar surface area (TPSA) is 29.1 Å². The van der Waals surface area contributed by atoms with Crippen molar-refractivity contribution in [3.8, 4) is 0 Å². The summed E-state index contributed by atoms with van der Waals surface area (Å²) in [5.41, 5.74) is 2.11. The molecule has 1 amide bonds. The van der Waals surface area contributed by atoms with E-state index in [1.807, 2.05) is 48.5 Å². The zero-order chi connectivity index (χ0) is 16.1. The van der Waals surface area contributed by atoms with Crippen LogP contribution in [0.15, 0.2) is 66.7 Å². The van der Waals surface area contributed by atoms with Gasteiger partial charge in [-0.2, -0.15) is 0 Å². The number of carbonyl (C=O) groups is 1. The highest BCUT2D eigenvalue weighted by Gasteiger charge is 2.07. The van der Waals surface area contributed by atoms with Crippen LogP contribution in [0.25, 0.3) is 10.8 Å². The van der Waals surface area contributed by atoms with E-state index in [0.717, 1.165) is 33.3 Å². The zero-order valence-corrected chi connectivity index (χ0v) is 13.5. The number of halogens is 1. The predicted molar refractivity (Wildman–Crippen MR) is 95.8 cm³/mol. The van der Waals surface area contributed by atoms with Crippen molar-refractivity contribution < 1.29 is 4.79 Å². The molecule has 3 rings (SSSR count). The molecule has 0 spiro atoms. The Kier molecular flexibility index (Phi) is 4.94. The minimum Gasteiger partial charge on any atom is -0.355 e. The predicted octanol–water partition coefficient (Wildman–Crippen LogP) is 4.39. The van der Waals surface area contributed by atoms with Gasteiger partial charge in [0.25, 0.3) is 0 Å². The van der Waals surface area contributed by atoms with Gasteiger partial charge in [-0.05, 0) is 34.4 Å². The first-order valence-corrected chi connectivity index (χ1v) is 8.08. The summed E-state index contributed by atoms with van der Waals surface area (Å²) in [6.07, 6.45) is 1.13. The Balaban J connectivity index is 1.60. The molecule has 0 saturated carbocycles. The summed E-state index contributed by atoms with van der Waals surface area (Å²) < 4.78 is 0. The Bertz CT molecular complexity index is 823. The van der Waals surface area contributed by atoms with E-state index in [0.29, 0.717) is 13.0 Å². The van der Waals surface area contributed by atoms with Gasteiger partial charge in [0.05, 0.1) is 6.42 Å². The van der Waals surface area contributed by atoms with Crippen LogP contribution in [0.4, 0.5) is 0 Å². The zero-order valence-electron chi connectivity index (χ0n) is 12.8. The van der Waals surface area contributed by atoms with E-state index < -0.39 is 0 Å². The second-order valence-electron chi connectivity index (χ2n) is 5.51. The van der Waals surface area contributed by atoms with Gasteiger partial charge in [-0.25, -0.2) is 0 Å². The molecule has 3 heteroatoms. The van der Waals surface area contributed by atoms with Crippen molar-refractivity contribution >= 4 is 28.3 Å². The summed E-state index contributed by atoms with van der Waals surface area (Å²) in [5, 5.41) is 6.02. The van der Waals surface area contributed by atoms with Gasteiger partial charge in [0.15, 0.2) is 0 Å². The molecular formula is C20H18ClNO. The van der Waals surface area contributed by atoms with Crippen molar-refractivity contribution in [2.75, 3.05) is 6.54 Å². The Morgan fingerprint density at radius 2 is 1.57 bits per heavy atom. The number of benzene rings is 3. The molecule has 0 atom stereocenters. The summed E-state index contributed by atoms with van der Waals surface area (Å²) >= 11 is 6.12. The molecule has 0 heterocycles. The molecule has 0 radical (unpaired) electrons. The van der Waals surface area contributed by atoms with Crippen LogP contribution in [-0.2, 0) is 17.6 Å². The van der Waals surface area contributed by atoms with E-state index in [-0.39, 0.29) is 5.91 Å². The van der Waals surface area contributed by atoms with Gasteiger partial charge in [0, 0.05) is 11.6 Å². The van der Waals surface area contributed by atoms with Gasteiger partial charge in [0.2, 0.25) is 5.91 Å². The third kappa shape index (κ3) is 3.91. The monoisotopic (exact) mass is 323 g/mol. The quantitative estimate of drug-likeness (QED) is 0.741. The molecular weight excluding hydrogens is 306 g/mol. The van der Waals surface area contributed by atoms with E-state index in [2.05, 4.69) is 23.5 Å². The molecule has 0 unspecified atom stereocenters. The second-order valence-corrected chi connectivity index (χ2v) is 5.91. The molecule has 2 nitrogen and oxygen atoms in total. The fraction of sp³-hybridized carbons (Fsp3) is 0.150. The molecule has 0 bridgehead atoms. The third-order valence-electron chi connectivity index (χ3n) is 3.91. The number of nitrogens with one attached hydrogen (secondary N) is 1. The lowest BCUT2D eigenvalue weighted by Crippen LogP contribution is -2.27. The van der Waals surface area contributed by atoms with Crippen LogP contribution in [0.5, 0.6) is 0 Å². The van der Waals surface area contributed by atoms with Crippen molar-refractivity contribution in [1.82, 2.24) is 5.32 Å². The summed E-state index contributed by atoms with van der Waals surface area (Å²) in [6.45, 7) is 0.591. The molecule has 0 aliphatic rings. The minimum absolute atomic E-state index is 0.0356. The van der Waals surface area contributed by atoms with Crippen molar-refractivity contribution in [1.29, 1.82) is 0 Å². The molecule has 0 saturated heterocycles. The van der Waals surface area contributed by atoms with Crippen LogP contribution in [0.1, 0.15) is 11.1 Å². The van der Waals surface area contributed by atoms with E-state index >= 15 is 0 Å². The van der Waals surface area contributed by atoms with Crippen molar-refractivity contribution in [3.05, 3.63) is 82.9 Å². The van der Waals surface area contributed by atoms with Crippen LogP contribution in [-0.4, -0.2) is 12.5 Å².